The van der Waals surface area contributed by atoms with Crippen molar-refractivity contribution in [2.75, 3.05) is 32.1 Å². The highest BCUT2D eigenvalue weighted by Gasteiger charge is 2.27. The molecule has 1 heterocycles. The molecule has 1 aliphatic carbocycles. The Morgan fingerprint density at radius 3 is 2.54 bits per heavy atom. The van der Waals surface area contributed by atoms with Crippen molar-refractivity contribution in [2.45, 2.75) is 56.8 Å². The zero-order valence-electron chi connectivity index (χ0n) is 21.0. The molecule has 186 valence electrons. The molecule has 0 aromatic heterocycles. The summed E-state index contributed by atoms with van der Waals surface area (Å²) >= 11 is 0. The van der Waals surface area contributed by atoms with Crippen LogP contribution in [0.15, 0.2) is 71.4 Å². The van der Waals surface area contributed by atoms with Gasteiger partial charge >= 0.3 is 0 Å². The Labute approximate surface area is 209 Å². The maximum absolute atomic E-state index is 9.90. The van der Waals surface area contributed by atoms with E-state index in [0.717, 1.165) is 37.3 Å². The van der Waals surface area contributed by atoms with Gasteiger partial charge < -0.3 is 15.1 Å². The molecule has 0 amide bonds. The smallest absolute Gasteiger partial charge is 0.0925 e. The van der Waals surface area contributed by atoms with Crippen LogP contribution in [0.3, 0.4) is 0 Å². The number of azo groups is 1. The quantitative estimate of drug-likeness (QED) is 0.370. The Morgan fingerprint density at radius 2 is 1.89 bits per heavy atom. The zero-order chi connectivity index (χ0) is 24.8. The van der Waals surface area contributed by atoms with Crippen LogP contribution in [0, 0.1) is 0 Å². The molecule has 0 unspecified atom stereocenters. The van der Waals surface area contributed by atoms with E-state index in [1.54, 1.807) is 13.1 Å². The molecule has 4 rings (SSSR count). The van der Waals surface area contributed by atoms with Crippen molar-refractivity contribution in [3.05, 3.63) is 83.4 Å². The summed E-state index contributed by atoms with van der Waals surface area (Å²) in [6.45, 7) is 6.34. The summed E-state index contributed by atoms with van der Waals surface area (Å²) in [4.78, 5) is 4.56. The average molecular weight is 475 g/mol. The number of hydrogen-bond donors (Lipinski definition) is 2. The van der Waals surface area contributed by atoms with Crippen molar-refractivity contribution in [1.29, 1.82) is 0 Å². The van der Waals surface area contributed by atoms with Crippen LogP contribution in [-0.4, -0.2) is 54.5 Å². The summed E-state index contributed by atoms with van der Waals surface area (Å²) in [5.74, 6) is 0.642. The number of aliphatic hydroxyl groups excluding tert-OH is 2. The Kier molecular flexibility index (Phi) is 8.50. The first-order valence-corrected chi connectivity index (χ1v) is 12.6. The maximum atomic E-state index is 9.90. The molecule has 35 heavy (non-hydrogen) atoms. The monoisotopic (exact) mass is 474 g/mol. The average Bonchev–Trinajstić information content (AvgIpc) is 3.71. The highest BCUT2D eigenvalue weighted by molar-refractivity contribution is 5.70. The van der Waals surface area contributed by atoms with Crippen LogP contribution in [0.25, 0.3) is 5.70 Å². The fourth-order valence-electron chi connectivity index (χ4n) is 4.89. The molecule has 0 radical (unpaired) electrons. The topological polar surface area (TPSA) is 71.7 Å². The number of aliphatic hydroxyl groups is 2. The molecule has 0 spiro atoms. The molecule has 0 bridgehead atoms. The van der Waals surface area contributed by atoms with Crippen molar-refractivity contribution in [1.82, 2.24) is 4.90 Å². The van der Waals surface area contributed by atoms with Crippen molar-refractivity contribution in [3.8, 4) is 0 Å². The molecule has 2 aromatic rings. The minimum Gasteiger partial charge on any atom is -0.395 e. The van der Waals surface area contributed by atoms with E-state index in [1.807, 2.05) is 6.08 Å². The molecule has 2 aliphatic rings. The van der Waals surface area contributed by atoms with Crippen LogP contribution in [0.2, 0.25) is 0 Å². The standard InChI is InChI=1S/C29H38N4O2/c1-4-5-29(31-30-2)25-14-24(23-10-11-23)15-26(16-25)32(3)18-21-6-8-22(9-7-21)19-33-13-12-28(35)17-27(33)20-34/h4-9,14-16,23,27-28,34-35H,1,10-13,17-20H2,2-3H3/b29-5-,31-30?/t27-,28+/m0/s1. The van der Waals surface area contributed by atoms with Crippen LogP contribution in [0.4, 0.5) is 5.69 Å². The van der Waals surface area contributed by atoms with Gasteiger partial charge in [-0.15, -0.1) is 0 Å². The number of benzene rings is 2. The summed E-state index contributed by atoms with van der Waals surface area (Å²) in [7, 11) is 3.82. The fraction of sp³-hybridized carbons (Fsp3) is 0.448. The zero-order valence-corrected chi connectivity index (χ0v) is 21.0. The van der Waals surface area contributed by atoms with Crippen molar-refractivity contribution < 1.29 is 10.2 Å². The lowest BCUT2D eigenvalue weighted by Crippen LogP contribution is -2.45. The summed E-state index contributed by atoms with van der Waals surface area (Å²) in [6, 6.07) is 15.5. The molecule has 1 saturated carbocycles. The second-order valence-electron chi connectivity index (χ2n) is 9.83. The number of hydrogen-bond acceptors (Lipinski definition) is 6. The van der Waals surface area contributed by atoms with Gasteiger partial charge in [-0.2, -0.15) is 10.2 Å². The van der Waals surface area contributed by atoms with Gasteiger partial charge in [0.05, 0.1) is 18.4 Å². The van der Waals surface area contributed by atoms with Crippen LogP contribution < -0.4 is 4.90 Å². The second kappa shape index (κ2) is 11.8. The van der Waals surface area contributed by atoms with E-state index in [-0.39, 0.29) is 18.8 Å². The number of nitrogens with zero attached hydrogens (tertiary/aromatic N) is 4. The lowest BCUT2D eigenvalue weighted by atomic mass is 9.99. The van der Waals surface area contributed by atoms with E-state index >= 15 is 0 Å². The predicted octanol–water partition coefficient (Wildman–Crippen LogP) is 5.13. The molecule has 2 aromatic carbocycles. The molecule has 6 nitrogen and oxygen atoms in total. The van der Waals surface area contributed by atoms with Crippen molar-refractivity contribution in [2.24, 2.45) is 10.2 Å². The van der Waals surface area contributed by atoms with Crippen LogP contribution in [0.5, 0.6) is 0 Å². The Balaban J connectivity index is 1.47. The van der Waals surface area contributed by atoms with E-state index in [4.69, 9.17) is 0 Å². The van der Waals surface area contributed by atoms with E-state index < -0.39 is 0 Å². The molecular weight excluding hydrogens is 436 g/mol. The molecule has 2 N–H and O–H groups in total. The van der Waals surface area contributed by atoms with Crippen molar-refractivity contribution in [3.63, 3.8) is 0 Å². The summed E-state index contributed by atoms with van der Waals surface area (Å²) in [5.41, 5.74) is 6.92. The Hall–Kier alpha value is -2.80. The minimum absolute atomic E-state index is 0.0322. The fourth-order valence-corrected chi connectivity index (χ4v) is 4.89. The molecule has 1 aliphatic heterocycles. The highest BCUT2D eigenvalue weighted by Crippen LogP contribution is 2.42. The predicted molar refractivity (Wildman–Crippen MR) is 142 cm³/mol. The van der Waals surface area contributed by atoms with E-state index in [0.29, 0.717) is 12.3 Å². The number of allylic oxidation sites excluding steroid dienone is 2. The van der Waals surface area contributed by atoms with Gasteiger partial charge in [0.25, 0.3) is 0 Å². The molecule has 2 fully saturated rings. The first-order valence-electron chi connectivity index (χ1n) is 12.6. The number of rotatable bonds is 10. The van der Waals surface area contributed by atoms with Gasteiger partial charge in [0.15, 0.2) is 0 Å². The van der Waals surface area contributed by atoms with Crippen LogP contribution >= 0.6 is 0 Å². The Bertz CT molecular complexity index is 1060. The molecule has 2 atom stereocenters. The largest absolute Gasteiger partial charge is 0.395 e. The lowest BCUT2D eigenvalue weighted by molar-refractivity contribution is 0.0129. The van der Waals surface area contributed by atoms with Gasteiger partial charge in [-0.05, 0) is 72.6 Å². The molecular formula is C29H38N4O2. The normalized spacial score (nSPS) is 21.4. The van der Waals surface area contributed by atoms with E-state index in [1.165, 1.54) is 35.2 Å². The van der Waals surface area contributed by atoms with Gasteiger partial charge in [-0.25, -0.2) is 0 Å². The summed E-state index contributed by atoms with van der Waals surface area (Å²) in [5, 5.41) is 27.9. The number of piperidine rings is 1. The van der Waals surface area contributed by atoms with Gasteiger partial charge in [0.2, 0.25) is 0 Å². The van der Waals surface area contributed by atoms with Gasteiger partial charge in [0.1, 0.15) is 0 Å². The highest BCUT2D eigenvalue weighted by atomic mass is 16.3. The third kappa shape index (κ3) is 6.66. The number of likely N-dealkylation sites (tertiary alicyclic amines) is 1. The van der Waals surface area contributed by atoms with Crippen LogP contribution in [-0.2, 0) is 13.1 Å². The number of anilines is 1. The van der Waals surface area contributed by atoms with Gasteiger partial charge in [-0.1, -0.05) is 36.9 Å². The van der Waals surface area contributed by atoms with Crippen molar-refractivity contribution >= 4 is 11.4 Å². The maximum Gasteiger partial charge on any atom is 0.0925 e. The first-order chi connectivity index (χ1) is 17.0. The summed E-state index contributed by atoms with van der Waals surface area (Å²) < 4.78 is 0. The van der Waals surface area contributed by atoms with Gasteiger partial charge in [-0.3, -0.25) is 4.90 Å². The van der Waals surface area contributed by atoms with Crippen LogP contribution in [0.1, 0.15) is 53.9 Å². The molecule has 1 saturated heterocycles. The first kappa shape index (κ1) is 25.3. The lowest BCUT2D eigenvalue weighted by Gasteiger charge is -2.36. The third-order valence-electron chi connectivity index (χ3n) is 7.06. The minimum atomic E-state index is -0.298. The third-order valence-corrected chi connectivity index (χ3v) is 7.06. The molecule has 6 heteroatoms. The van der Waals surface area contributed by atoms with E-state index in [9.17, 15) is 10.2 Å². The van der Waals surface area contributed by atoms with E-state index in [2.05, 4.69) is 76.1 Å². The van der Waals surface area contributed by atoms with Gasteiger partial charge in [0, 0.05) is 51.0 Å². The summed E-state index contributed by atoms with van der Waals surface area (Å²) in [6.07, 6.45) is 7.27. The Morgan fingerprint density at radius 1 is 1.14 bits per heavy atom. The second-order valence-corrected chi connectivity index (χ2v) is 9.83. The SMILES string of the molecule is C=C/C=C(\N=NC)c1cc(C2CC2)cc(N(C)Cc2ccc(CN3CC[C@@H](O)C[C@H]3CO)cc2)c1.